The third-order valence-corrected chi connectivity index (χ3v) is 7.87. The lowest BCUT2D eigenvalue weighted by atomic mass is 10.0. The van der Waals surface area contributed by atoms with Gasteiger partial charge in [0.15, 0.2) is 11.7 Å². The first-order chi connectivity index (χ1) is 19.1. The highest BCUT2D eigenvalue weighted by Gasteiger charge is 2.18. The van der Waals surface area contributed by atoms with Gasteiger partial charge in [-0.25, -0.2) is 14.8 Å². The van der Waals surface area contributed by atoms with E-state index in [1.165, 1.54) is 22.7 Å². The van der Waals surface area contributed by atoms with E-state index in [4.69, 9.17) is 4.74 Å². The molecule has 0 aliphatic rings. The van der Waals surface area contributed by atoms with Crippen LogP contribution in [-0.2, 0) is 9.53 Å². The topological polar surface area (TPSA) is 81.2 Å². The summed E-state index contributed by atoms with van der Waals surface area (Å²) in [6.07, 6.45) is 0. The van der Waals surface area contributed by atoms with E-state index in [2.05, 4.69) is 27.4 Å². The Morgan fingerprint density at radius 2 is 1.44 bits per heavy atom. The van der Waals surface area contributed by atoms with Crippen molar-refractivity contribution < 1.29 is 14.3 Å². The summed E-state index contributed by atoms with van der Waals surface area (Å²) in [5.74, 6) is -1.04. The zero-order chi connectivity index (χ0) is 26.6. The number of nitrogens with zero attached hydrogens (tertiary/aromatic N) is 2. The summed E-state index contributed by atoms with van der Waals surface area (Å²) >= 11 is 2.82. The number of rotatable bonds is 7. The van der Waals surface area contributed by atoms with Crippen LogP contribution < -0.4 is 5.32 Å². The van der Waals surface area contributed by atoms with Gasteiger partial charge in [0.05, 0.1) is 21.5 Å². The van der Waals surface area contributed by atoms with E-state index in [1.807, 2.05) is 84.2 Å². The van der Waals surface area contributed by atoms with Crippen LogP contribution in [0.4, 0.5) is 5.13 Å². The fraction of sp³-hybridized carbons (Fsp3) is 0.0323. The molecule has 8 heteroatoms. The van der Waals surface area contributed by atoms with E-state index in [9.17, 15) is 9.59 Å². The number of hydrogen-bond donors (Lipinski definition) is 1. The summed E-state index contributed by atoms with van der Waals surface area (Å²) in [5.41, 5.74) is 5.88. The van der Waals surface area contributed by atoms with Crippen molar-refractivity contribution in [2.75, 3.05) is 11.9 Å². The molecule has 1 amide bonds. The van der Waals surface area contributed by atoms with E-state index in [0.29, 0.717) is 16.3 Å². The maximum Gasteiger partial charge on any atom is 0.339 e. The molecule has 6 rings (SSSR count). The second kappa shape index (κ2) is 11.0. The Morgan fingerprint density at radius 1 is 0.744 bits per heavy atom. The number of carbonyl (C=O) groups excluding carboxylic acids is 2. The minimum Gasteiger partial charge on any atom is -0.452 e. The standard InChI is InChI=1S/C31H21N3O3S2/c35-28(34-31-33-26(19-38-31)22-16-14-21(15-17-22)20-8-2-1-3-9-20)18-37-30(36)24-11-5-4-10-23(24)29-32-25-12-6-7-13-27(25)39-29/h1-17,19H,18H2,(H,33,34,35). The lowest BCUT2D eigenvalue weighted by molar-refractivity contribution is -0.119. The molecule has 6 nitrogen and oxygen atoms in total. The van der Waals surface area contributed by atoms with Gasteiger partial charge >= 0.3 is 5.97 Å². The molecule has 0 radical (unpaired) electrons. The molecular formula is C31H21N3O3S2. The van der Waals surface area contributed by atoms with Gasteiger partial charge in [-0.15, -0.1) is 22.7 Å². The summed E-state index contributed by atoms with van der Waals surface area (Å²) in [5, 5.41) is 5.76. The summed E-state index contributed by atoms with van der Waals surface area (Å²) in [4.78, 5) is 34.6. The van der Waals surface area contributed by atoms with Crippen molar-refractivity contribution in [3.05, 3.63) is 114 Å². The molecule has 4 aromatic carbocycles. The van der Waals surface area contributed by atoms with Gasteiger partial charge < -0.3 is 4.74 Å². The van der Waals surface area contributed by atoms with E-state index in [0.717, 1.165) is 37.6 Å². The molecule has 0 atom stereocenters. The average Bonchev–Trinajstić information content (AvgIpc) is 3.64. The molecule has 0 saturated carbocycles. The lowest BCUT2D eigenvalue weighted by Crippen LogP contribution is -2.21. The van der Waals surface area contributed by atoms with Crippen LogP contribution in [0.5, 0.6) is 0 Å². The molecule has 0 aliphatic heterocycles. The Balaban J connectivity index is 1.09. The Morgan fingerprint density at radius 3 is 2.26 bits per heavy atom. The van der Waals surface area contributed by atoms with Gasteiger partial charge in [-0.1, -0.05) is 84.9 Å². The number of aromatic nitrogens is 2. The van der Waals surface area contributed by atoms with Crippen LogP contribution in [-0.4, -0.2) is 28.5 Å². The molecule has 0 saturated heterocycles. The van der Waals surface area contributed by atoms with E-state index >= 15 is 0 Å². The molecule has 6 aromatic rings. The van der Waals surface area contributed by atoms with Gasteiger partial charge in [-0.2, -0.15) is 0 Å². The first kappa shape index (κ1) is 24.7. The SMILES string of the molecule is O=C(COC(=O)c1ccccc1-c1nc2ccccc2s1)Nc1nc(-c2ccc(-c3ccccc3)cc2)cs1. The van der Waals surface area contributed by atoms with Crippen molar-refractivity contribution in [2.45, 2.75) is 0 Å². The molecule has 0 aliphatic carbocycles. The predicted octanol–water partition coefficient (Wildman–Crippen LogP) is 7.55. The monoisotopic (exact) mass is 547 g/mol. The zero-order valence-corrected chi connectivity index (χ0v) is 22.2. The number of ether oxygens (including phenoxy) is 1. The number of hydrogen-bond acceptors (Lipinski definition) is 7. The molecule has 0 unspecified atom stereocenters. The summed E-state index contributed by atoms with van der Waals surface area (Å²) < 4.78 is 6.38. The predicted molar refractivity (Wildman–Crippen MR) is 157 cm³/mol. The fourth-order valence-corrected chi connectivity index (χ4v) is 5.87. The first-order valence-corrected chi connectivity index (χ1v) is 13.9. The number of amides is 1. The number of anilines is 1. The number of carbonyl (C=O) groups is 2. The number of esters is 1. The van der Waals surface area contributed by atoms with Crippen molar-refractivity contribution in [2.24, 2.45) is 0 Å². The third-order valence-electron chi connectivity index (χ3n) is 6.04. The van der Waals surface area contributed by atoms with Crippen molar-refractivity contribution >= 4 is 49.9 Å². The average molecular weight is 548 g/mol. The van der Waals surface area contributed by atoms with Crippen LogP contribution in [0.25, 0.3) is 43.2 Å². The normalized spacial score (nSPS) is 10.9. The van der Waals surface area contributed by atoms with Crippen LogP contribution >= 0.6 is 22.7 Å². The second-order valence-electron chi connectivity index (χ2n) is 8.64. The lowest BCUT2D eigenvalue weighted by Gasteiger charge is -2.08. The van der Waals surface area contributed by atoms with Gasteiger partial charge in [-0.3, -0.25) is 10.1 Å². The fourth-order valence-electron chi connectivity index (χ4n) is 4.13. The Bertz CT molecular complexity index is 1740. The molecule has 0 spiro atoms. The summed E-state index contributed by atoms with van der Waals surface area (Å²) in [7, 11) is 0. The van der Waals surface area contributed by atoms with Crippen LogP contribution in [0.1, 0.15) is 10.4 Å². The molecule has 190 valence electrons. The van der Waals surface area contributed by atoms with E-state index in [-0.39, 0.29) is 0 Å². The van der Waals surface area contributed by atoms with Gasteiger partial charge in [-0.05, 0) is 29.3 Å². The van der Waals surface area contributed by atoms with Crippen molar-refractivity contribution in [3.63, 3.8) is 0 Å². The highest BCUT2D eigenvalue weighted by molar-refractivity contribution is 7.21. The van der Waals surface area contributed by atoms with Gasteiger partial charge in [0.1, 0.15) is 5.01 Å². The van der Waals surface area contributed by atoms with Crippen molar-refractivity contribution in [3.8, 4) is 33.0 Å². The highest BCUT2D eigenvalue weighted by Crippen LogP contribution is 2.32. The molecule has 0 bridgehead atoms. The van der Waals surface area contributed by atoms with Crippen molar-refractivity contribution in [1.82, 2.24) is 9.97 Å². The molecule has 2 heterocycles. The quantitative estimate of drug-likeness (QED) is 0.209. The van der Waals surface area contributed by atoms with Crippen LogP contribution in [0.3, 0.4) is 0 Å². The van der Waals surface area contributed by atoms with Gasteiger partial charge in [0.2, 0.25) is 0 Å². The van der Waals surface area contributed by atoms with Gasteiger partial charge in [0.25, 0.3) is 5.91 Å². The molecule has 1 N–H and O–H groups in total. The third kappa shape index (κ3) is 5.47. The maximum atomic E-state index is 12.9. The van der Waals surface area contributed by atoms with Gasteiger partial charge in [0, 0.05) is 16.5 Å². The summed E-state index contributed by atoms with van der Waals surface area (Å²) in [6, 6.07) is 33.2. The minimum absolute atomic E-state index is 0.361. The zero-order valence-electron chi connectivity index (χ0n) is 20.5. The first-order valence-electron chi connectivity index (χ1n) is 12.2. The number of nitrogens with one attached hydrogen (secondary N) is 1. The smallest absolute Gasteiger partial charge is 0.339 e. The number of fused-ring (bicyclic) bond motifs is 1. The highest BCUT2D eigenvalue weighted by atomic mass is 32.1. The number of para-hydroxylation sites is 1. The Labute approximate surface area is 232 Å². The van der Waals surface area contributed by atoms with Crippen LogP contribution in [0.15, 0.2) is 109 Å². The van der Waals surface area contributed by atoms with Crippen LogP contribution in [0.2, 0.25) is 0 Å². The molecule has 39 heavy (non-hydrogen) atoms. The number of thiazole rings is 2. The van der Waals surface area contributed by atoms with Crippen LogP contribution in [0, 0.1) is 0 Å². The minimum atomic E-state index is -0.585. The van der Waals surface area contributed by atoms with E-state index in [1.54, 1.807) is 12.1 Å². The molecule has 2 aromatic heterocycles. The largest absolute Gasteiger partial charge is 0.452 e. The Kier molecular flexibility index (Phi) is 6.95. The van der Waals surface area contributed by atoms with Crippen molar-refractivity contribution in [1.29, 1.82) is 0 Å². The number of benzene rings is 4. The summed E-state index contributed by atoms with van der Waals surface area (Å²) in [6.45, 7) is -0.423. The van der Waals surface area contributed by atoms with E-state index < -0.39 is 18.5 Å². The molecular weight excluding hydrogens is 526 g/mol. The maximum absolute atomic E-state index is 12.9. The Hall–Kier alpha value is -4.66. The second-order valence-corrected chi connectivity index (χ2v) is 10.5. The molecule has 0 fully saturated rings.